The number of hydrogen-bond acceptors (Lipinski definition) is 9. The van der Waals surface area contributed by atoms with Crippen molar-refractivity contribution in [1.29, 1.82) is 0 Å². The predicted octanol–water partition coefficient (Wildman–Crippen LogP) is 5.56. The summed E-state index contributed by atoms with van der Waals surface area (Å²) in [5.41, 5.74) is 3.93. The van der Waals surface area contributed by atoms with Crippen LogP contribution in [0.4, 0.5) is 23.0 Å². The third-order valence-corrected chi connectivity index (χ3v) is 7.82. The monoisotopic (exact) mass is 614 g/mol. The summed E-state index contributed by atoms with van der Waals surface area (Å²) in [4.78, 5) is 21.5. The predicted molar refractivity (Wildman–Crippen MR) is 173 cm³/mol. The lowest BCUT2D eigenvalue weighted by atomic mass is 10.1. The van der Waals surface area contributed by atoms with Crippen molar-refractivity contribution in [3.8, 4) is 11.5 Å². The van der Waals surface area contributed by atoms with Crippen molar-refractivity contribution in [2.45, 2.75) is 25.8 Å². The summed E-state index contributed by atoms with van der Waals surface area (Å²) in [5.74, 6) is 0.0732. The van der Waals surface area contributed by atoms with Crippen LogP contribution < -0.4 is 25.4 Å². The summed E-state index contributed by atoms with van der Waals surface area (Å²) in [6.07, 6.45) is 0. The van der Waals surface area contributed by atoms with Crippen molar-refractivity contribution >= 4 is 50.0 Å². The van der Waals surface area contributed by atoms with E-state index >= 15 is 0 Å². The molecule has 0 unspecified atom stereocenters. The van der Waals surface area contributed by atoms with Gasteiger partial charge in [-0.3, -0.25) is 9.52 Å². The number of aryl methyl sites for hydroxylation is 1. The van der Waals surface area contributed by atoms with Crippen LogP contribution in [0.2, 0.25) is 0 Å². The molecule has 0 atom stereocenters. The Balaban J connectivity index is 0.00000442. The number of aromatic nitrogens is 2. The highest BCUT2D eigenvalue weighted by Crippen LogP contribution is 2.31. The normalized spacial score (nSPS) is 11.0. The fourth-order valence-electron chi connectivity index (χ4n) is 4.32. The first-order valence-corrected chi connectivity index (χ1v) is 14.8. The fourth-order valence-corrected chi connectivity index (χ4v) is 5.37. The number of phenols is 1. The molecule has 0 fully saturated rings. The van der Waals surface area contributed by atoms with E-state index in [0.29, 0.717) is 34.7 Å². The Kier molecular flexibility index (Phi) is 9.99. The maximum Gasteiger partial charge on any atom is 0.263 e. The van der Waals surface area contributed by atoms with Crippen molar-refractivity contribution in [1.82, 2.24) is 15.3 Å². The van der Waals surface area contributed by atoms with E-state index in [0.717, 1.165) is 11.1 Å². The summed E-state index contributed by atoms with van der Waals surface area (Å²) < 4.78 is 34.7. The minimum absolute atomic E-state index is 0. The molecule has 0 aliphatic heterocycles. The minimum atomic E-state index is -4.17. The maximum absolute atomic E-state index is 13.5. The van der Waals surface area contributed by atoms with Crippen molar-refractivity contribution in [3.63, 3.8) is 0 Å². The van der Waals surface area contributed by atoms with Crippen LogP contribution in [0.1, 0.15) is 18.6 Å². The molecule has 0 saturated carbocycles. The number of amides is 1. The number of nitrogens with zero attached hydrogens (tertiary/aromatic N) is 2. The first-order valence-electron chi connectivity index (χ1n) is 13.3. The molecule has 0 aliphatic rings. The van der Waals surface area contributed by atoms with Gasteiger partial charge in [-0.05, 0) is 48.4 Å². The Bertz CT molecular complexity index is 1900. The second-order valence-corrected chi connectivity index (χ2v) is 11.3. The number of methoxy groups -OCH3 is 1. The molecule has 44 heavy (non-hydrogen) atoms. The van der Waals surface area contributed by atoms with Crippen molar-refractivity contribution in [2.75, 3.05) is 29.0 Å². The van der Waals surface area contributed by atoms with Gasteiger partial charge in [0.25, 0.3) is 10.0 Å². The Labute approximate surface area is 256 Å². The molecule has 0 spiro atoms. The topological polar surface area (TPSA) is 155 Å². The van der Waals surface area contributed by atoms with Gasteiger partial charge >= 0.3 is 0 Å². The third-order valence-electron chi connectivity index (χ3n) is 6.48. The van der Waals surface area contributed by atoms with Crippen LogP contribution in [0.5, 0.6) is 11.5 Å². The van der Waals surface area contributed by atoms with E-state index in [2.05, 4.69) is 30.6 Å². The van der Waals surface area contributed by atoms with Gasteiger partial charge in [-0.1, -0.05) is 49.9 Å². The molecule has 4 aromatic carbocycles. The second-order valence-electron chi connectivity index (χ2n) is 9.67. The van der Waals surface area contributed by atoms with Crippen LogP contribution in [-0.4, -0.2) is 43.1 Å². The molecule has 11 nitrogen and oxygen atoms in total. The van der Waals surface area contributed by atoms with E-state index in [1.54, 1.807) is 36.4 Å². The Hall–Kier alpha value is -5.20. The number of sulfonamides is 1. The molecule has 5 N–H and O–H groups in total. The smallest absolute Gasteiger partial charge is 0.263 e. The molecule has 1 aromatic heterocycles. The standard InChI is InChI=1S/C31H30N6O5S.CH4/c1-20-8-3-4-9-21(20)18-32-19-29(39)33-22-10-7-11-26(16-22)43(40,41)37-31-30(35-27-12-5-6-13-28(27)36-31)34-23-14-24(38)17-25(15-23)42-2;/h3-17,32,38H,18-19H2,1-2H3,(H,33,39)(H,34,35)(H,36,37);1H4. The molecule has 0 aliphatic carbocycles. The molecule has 12 heteroatoms. The van der Waals surface area contributed by atoms with Crippen molar-refractivity contribution in [2.24, 2.45) is 0 Å². The van der Waals surface area contributed by atoms with E-state index in [1.807, 2.05) is 31.2 Å². The third kappa shape index (κ3) is 7.79. The van der Waals surface area contributed by atoms with Crippen molar-refractivity contribution < 1.29 is 23.1 Å². The molecule has 5 rings (SSSR count). The molecule has 5 aromatic rings. The minimum Gasteiger partial charge on any atom is -0.508 e. The Morgan fingerprint density at radius 3 is 2.30 bits per heavy atom. The van der Waals surface area contributed by atoms with Gasteiger partial charge in [-0.15, -0.1) is 0 Å². The number of ether oxygens (including phenoxy) is 1. The summed E-state index contributed by atoms with van der Waals surface area (Å²) in [6, 6.07) is 25.3. The van der Waals surface area contributed by atoms with Gasteiger partial charge < -0.3 is 25.8 Å². The Morgan fingerprint density at radius 2 is 1.57 bits per heavy atom. The first kappa shape index (κ1) is 31.7. The van der Waals surface area contributed by atoms with Gasteiger partial charge in [-0.2, -0.15) is 0 Å². The summed E-state index contributed by atoms with van der Waals surface area (Å²) >= 11 is 0. The van der Waals surface area contributed by atoms with E-state index in [-0.39, 0.29) is 42.2 Å². The zero-order chi connectivity index (χ0) is 30.4. The van der Waals surface area contributed by atoms with Gasteiger partial charge in [0, 0.05) is 36.1 Å². The molecule has 1 amide bonds. The highest BCUT2D eigenvalue weighted by atomic mass is 32.2. The zero-order valence-corrected chi connectivity index (χ0v) is 24.3. The van der Waals surface area contributed by atoms with Gasteiger partial charge in [-0.25, -0.2) is 18.4 Å². The number of aromatic hydroxyl groups is 1. The number of rotatable bonds is 11. The van der Waals surface area contributed by atoms with Crippen LogP contribution in [-0.2, 0) is 21.4 Å². The average Bonchev–Trinajstić information content (AvgIpc) is 2.98. The molecule has 1 heterocycles. The van der Waals surface area contributed by atoms with Gasteiger partial charge in [0.1, 0.15) is 11.5 Å². The average molecular weight is 615 g/mol. The number of nitrogens with one attached hydrogen (secondary N) is 4. The number of fused-ring (bicyclic) bond motifs is 1. The van der Waals surface area contributed by atoms with Crippen molar-refractivity contribution in [3.05, 3.63) is 102 Å². The lowest BCUT2D eigenvalue weighted by Gasteiger charge is -2.15. The fraction of sp³-hybridized carbons (Fsp3) is 0.156. The number of phenolic OH excluding ortho intramolecular Hbond substituents is 1. The lowest BCUT2D eigenvalue weighted by Crippen LogP contribution is -2.28. The summed E-state index contributed by atoms with van der Waals surface area (Å²) in [5, 5.41) is 18.9. The highest BCUT2D eigenvalue weighted by molar-refractivity contribution is 7.92. The molecule has 0 radical (unpaired) electrons. The maximum atomic E-state index is 13.5. The lowest BCUT2D eigenvalue weighted by molar-refractivity contribution is -0.115. The zero-order valence-electron chi connectivity index (χ0n) is 23.5. The highest BCUT2D eigenvalue weighted by Gasteiger charge is 2.20. The number of carbonyl (C=O) groups excluding carboxylic acids is 1. The summed E-state index contributed by atoms with van der Waals surface area (Å²) in [6.45, 7) is 2.57. The van der Waals surface area contributed by atoms with E-state index in [1.165, 1.54) is 37.4 Å². The van der Waals surface area contributed by atoms with E-state index < -0.39 is 10.0 Å². The first-order chi connectivity index (χ1) is 20.7. The van der Waals surface area contributed by atoms with Gasteiger partial charge in [0.2, 0.25) is 5.91 Å². The SMILES string of the molecule is C.COc1cc(O)cc(Nc2nc3ccccc3nc2NS(=O)(=O)c2cccc(NC(=O)CNCc3ccccc3C)c2)c1. The Morgan fingerprint density at radius 1 is 0.864 bits per heavy atom. The van der Waals surface area contributed by atoms with E-state index in [9.17, 15) is 18.3 Å². The molecule has 0 saturated heterocycles. The number of carbonyl (C=O) groups is 1. The van der Waals surface area contributed by atoms with E-state index in [4.69, 9.17) is 4.74 Å². The van der Waals surface area contributed by atoms with Crippen LogP contribution in [0, 0.1) is 6.92 Å². The van der Waals surface area contributed by atoms with Gasteiger partial charge in [0.15, 0.2) is 11.6 Å². The molecule has 228 valence electrons. The molecule has 0 bridgehead atoms. The van der Waals surface area contributed by atoms with Crippen LogP contribution >= 0.6 is 0 Å². The number of hydrogen-bond donors (Lipinski definition) is 5. The second kappa shape index (κ2) is 13.8. The molecular formula is C32H34N6O5S. The number of anilines is 4. The largest absolute Gasteiger partial charge is 0.508 e. The molecular weight excluding hydrogens is 580 g/mol. The quantitative estimate of drug-likeness (QED) is 0.129. The number of benzene rings is 4. The van der Waals surface area contributed by atoms with Gasteiger partial charge in [0.05, 0.1) is 29.6 Å². The van der Waals surface area contributed by atoms with Crippen LogP contribution in [0.3, 0.4) is 0 Å². The number of para-hydroxylation sites is 2. The van der Waals surface area contributed by atoms with Crippen LogP contribution in [0.15, 0.2) is 95.9 Å². The van der Waals surface area contributed by atoms with Crippen LogP contribution in [0.25, 0.3) is 11.0 Å². The summed E-state index contributed by atoms with van der Waals surface area (Å²) in [7, 11) is -2.70.